The molecule has 6 nitrogen and oxygen atoms in total. The SMILES string of the molecule is CC(C)=CCC(OC(=O)C=C(C)C)C1=CC(=O)c2c(O)ccc(O)c2C1=O. The van der Waals surface area contributed by atoms with Gasteiger partial charge in [-0.25, -0.2) is 4.79 Å². The Morgan fingerprint density at radius 1 is 1.04 bits per heavy atom. The van der Waals surface area contributed by atoms with Crippen molar-refractivity contribution in [2.45, 2.75) is 40.2 Å². The normalized spacial score (nSPS) is 14.0. The molecule has 0 aliphatic heterocycles. The summed E-state index contributed by atoms with van der Waals surface area (Å²) in [6.07, 6.45) is 3.35. The number of allylic oxidation sites excluding steroid dienone is 3. The molecule has 0 bridgehead atoms. The minimum Gasteiger partial charge on any atom is -0.507 e. The lowest BCUT2D eigenvalue weighted by atomic mass is 9.85. The average Bonchev–Trinajstić information content (AvgIpc) is 2.56. The summed E-state index contributed by atoms with van der Waals surface area (Å²) in [4.78, 5) is 37.4. The third-order valence-electron chi connectivity index (χ3n) is 3.94. The lowest BCUT2D eigenvalue weighted by Crippen LogP contribution is -2.28. The standard InChI is InChI=1S/C21H22O6/c1-11(2)5-8-17(27-18(25)9-12(3)4)13-10-16(24)19-14(22)6-7-15(23)20(19)21(13)26/h5-7,9-10,17,22-23H,8H2,1-4H3. The van der Waals surface area contributed by atoms with Gasteiger partial charge in [-0.2, -0.15) is 0 Å². The molecule has 0 amide bonds. The number of benzene rings is 1. The quantitative estimate of drug-likeness (QED) is 0.355. The maximum absolute atomic E-state index is 12.9. The third kappa shape index (κ3) is 4.53. The number of Topliss-reactive ketones (excluding diaryl/α,β-unsaturated/α-hetero) is 1. The Kier molecular flexibility index (Phi) is 6.00. The molecule has 1 unspecified atom stereocenters. The lowest BCUT2D eigenvalue weighted by molar-refractivity contribution is -0.141. The number of esters is 1. The molecular weight excluding hydrogens is 348 g/mol. The molecule has 1 aliphatic carbocycles. The summed E-state index contributed by atoms with van der Waals surface area (Å²) in [5.74, 6) is -2.72. The van der Waals surface area contributed by atoms with Crippen molar-refractivity contribution in [1.29, 1.82) is 0 Å². The van der Waals surface area contributed by atoms with Crippen molar-refractivity contribution in [3.63, 3.8) is 0 Å². The number of ketones is 2. The zero-order valence-electron chi connectivity index (χ0n) is 15.7. The maximum Gasteiger partial charge on any atom is 0.331 e. The van der Waals surface area contributed by atoms with Crippen LogP contribution in [0, 0.1) is 0 Å². The van der Waals surface area contributed by atoms with E-state index >= 15 is 0 Å². The van der Waals surface area contributed by atoms with Gasteiger partial charge in [-0.1, -0.05) is 17.2 Å². The highest BCUT2D eigenvalue weighted by Gasteiger charge is 2.35. The van der Waals surface area contributed by atoms with Crippen LogP contribution in [0.2, 0.25) is 0 Å². The van der Waals surface area contributed by atoms with Crippen molar-refractivity contribution >= 4 is 17.5 Å². The second kappa shape index (κ2) is 8.03. The molecule has 2 N–H and O–H groups in total. The van der Waals surface area contributed by atoms with Crippen LogP contribution in [0.25, 0.3) is 0 Å². The van der Waals surface area contributed by atoms with E-state index in [1.165, 1.54) is 6.08 Å². The molecule has 0 saturated heterocycles. The van der Waals surface area contributed by atoms with Crippen LogP contribution < -0.4 is 0 Å². The molecule has 2 rings (SSSR count). The number of phenolic OH excluding ortho intramolecular Hbond substituents is 2. The van der Waals surface area contributed by atoms with Crippen molar-refractivity contribution < 1.29 is 29.3 Å². The molecule has 1 atom stereocenters. The molecule has 0 saturated carbocycles. The Balaban J connectivity index is 2.49. The van der Waals surface area contributed by atoms with Gasteiger partial charge in [-0.3, -0.25) is 9.59 Å². The summed E-state index contributed by atoms with van der Waals surface area (Å²) in [6, 6.07) is 2.29. The maximum atomic E-state index is 12.9. The first kappa shape index (κ1) is 20.2. The van der Waals surface area contributed by atoms with Crippen LogP contribution in [-0.4, -0.2) is 33.9 Å². The van der Waals surface area contributed by atoms with Crippen LogP contribution in [0.5, 0.6) is 11.5 Å². The molecule has 0 aromatic heterocycles. The van der Waals surface area contributed by atoms with Gasteiger partial charge in [-0.15, -0.1) is 0 Å². The molecule has 1 aromatic rings. The topological polar surface area (TPSA) is 101 Å². The van der Waals surface area contributed by atoms with Crippen molar-refractivity contribution in [3.05, 3.63) is 58.2 Å². The van der Waals surface area contributed by atoms with Gasteiger partial charge < -0.3 is 14.9 Å². The van der Waals surface area contributed by atoms with Gasteiger partial charge in [0.1, 0.15) is 17.6 Å². The highest BCUT2D eigenvalue weighted by atomic mass is 16.5. The van der Waals surface area contributed by atoms with E-state index in [4.69, 9.17) is 4.74 Å². The summed E-state index contributed by atoms with van der Waals surface area (Å²) >= 11 is 0. The highest BCUT2D eigenvalue weighted by molar-refractivity contribution is 6.27. The summed E-state index contributed by atoms with van der Waals surface area (Å²) < 4.78 is 5.41. The van der Waals surface area contributed by atoms with Gasteiger partial charge in [0.15, 0.2) is 11.6 Å². The van der Waals surface area contributed by atoms with E-state index in [1.807, 2.05) is 13.8 Å². The smallest absolute Gasteiger partial charge is 0.331 e. The van der Waals surface area contributed by atoms with Crippen molar-refractivity contribution in [2.24, 2.45) is 0 Å². The zero-order chi connectivity index (χ0) is 20.3. The Labute approximate surface area is 157 Å². The fraction of sp³-hybridized carbons (Fsp3) is 0.286. The van der Waals surface area contributed by atoms with E-state index in [2.05, 4.69) is 0 Å². The number of hydrogen-bond acceptors (Lipinski definition) is 6. The molecule has 0 fully saturated rings. The van der Waals surface area contributed by atoms with Gasteiger partial charge in [0.25, 0.3) is 0 Å². The second-order valence-electron chi connectivity index (χ2n) is 6.81. The van der Waals surface area contributed by atoms with E-state index in [0.717, 1.165) is 29.4 Å². The molecule has 142 valence electrons. The van der Waals surface area contributed by atoms with Gasteiger partial charge >= 0.3 is 5.97 Å². The average molecular weight is 370 g/mol. The van der Waals surface area contributed by atoms with E-state index in [0.29, 0.717) is 0 Å². The molecule has 0 heterocycles. The summed E-state index contributed by atoms with van der Waals surface area (Å²) in [5, 5.41) is 19.9. The Morgan fingerprint density at radius 3 is 2.19 bits per heavy atom. The Morgan fingerprint density at radius 2 is 1.63 bits per heavy atom. The highest BCUT2D eigenvalue weighted by Crippen LogP contribution is 2.36. The van der Waals surface area contributed by atoms with Crippen LogP contribution in [0.1, 0.15) is 54.8 Å². The zero-order valence-corrected chi connectivity index (χ0v) is 15.7. The first-order valence-corrected chi connectivity index (χ1v) is 8.46. The fourth-order valence-corrected chi connectivity index (χ4v) is 2.71. The first-order valence-electron chi connectivity index (χ1n) is 8.46. The minimum atomic E-state index is -0.991. The summed E-state index contributed by atoms with van der Waals surface area (Å²) in [5.41, 5.74) is 1.11. The molecule has 1 aromatic carbocycles. The first-order chi connectivity index (χ1) is 12.6. The molecule has 0 radical (unpaired) electrons. The molecule has 27 heavy (non-hydrogen) atoms. The van der Waals surface area contributed by atoms with Crippen molar-refractivity contribution in [2.75, 3.05) is 0 Å². The van der Waals surface area contributed by atoms with Crippen molar-refractivity contribution in [1.82, 2.24) is 0 Å². The summed E-state index contributed by atoms with van der Waals surface area (Å²) in [7, 11) is 0. The number of rotatable bonds is 5. The molecular formula is C21H22O6. The number of phenols is 2. The van der Waals surface area contributed by atoms with Gasteiger partial charge in [-0.05, 0) is 45.9 Å². The predicted molar refractivity (Wildman–Crippen MR) is 99.9 cm³/mol. The second-order valence-corrected chi connectivity index (χ2v) is 6.81. The number of carbonyl (C=O) groups excluding carboxylic acids is 3. The Bertz CT molecular complexity index is 893. The monoisotopic (exact) mass is 370 g/mol. The Hall–Kier alpha value is -3.15. The predicted octanol–water partition coefficient (Wildman–Crippen LogP) is 3.64. The van der Waals surface area contributed by atoms with Crippen molar-refractivity contribution in [3.8, 4) is 11.5 Å². The van der Waals surface area contributed by atoms with Gasteiger partial charge in [0, 0.05) is 18.1 Å². The molecule has 6 heteroatoms. The van der Waals surface area contributed by atoms with Crippen LogP contribution in [0.15, 0.2) is 47.1 Å². The number of carbonyl (C=O) groups is 3. The van der Waals surface area contributed by atoms with Crippen LogP contribution in [0.3, 0.4) is 0 Å². The molecule has 1 aliphatic rings. The minimum absolute atomic E-state index is 0.0404. The molecule has 0 spiro atoms. The largest absolute Gasteiger partial charge is 0.507 e. The summed E-state index contributed by atoms with van der Waals surface area (Å²) in [6.45, 7) is 7.18. The fourth-order valence-electron chi connectivity index (χ4n) is 2.71. The van der Waals surface area contributed by atoms with Crippen LogP contribution in [0.4, 0.5) is 0 Å². The lowest BCUT2D eigenvalue weighted by Gasteiger charge is -2.23. The van der Waals surface area contributed by atoms with Gasteiger partial charge in [0.2, 0.25) is 0 Å². The number of hydrogen-bond donors (Lipinski definition) is 2. The van der Waals surface area contributed by atoms with E-state index in [-0.39, 0.29) is 28.9 Å². The van der Waals surface area contributed by atoms with E-state index in [9.17, 15) is 24.6 Å². The van der Waals surface area contributed by atoms with Crippen LogP contribution in [-0.2, 0) is 9.53 Å². The number of fused-ring (bicyclic) bond motifs is 1. The number of aromatic hydroxyl groups is 2. The van der Waals surface area contributed by atoms with E-state index < -0.39 is 29.4 Å². The third-order valence-corrected chi connectivity index (χ3v) is 3.94. The number of ether oxygens (including phenoxy) is 1. The van der Waals surface area contributed by atoms with E-state index in [1.54, 1.807) is 19.9 Å². The van der Waals surface area contributed by atoms with Gasteiger partial charge in [0.05, 0.1) is 11.1 Å². The van der Waals surface area contributed by atoms with Crippen LogP contribution >= 0.6 is 0 Å².